The monoisotopic (exact) mass is 354 g/mol. The van der Waals surface area contributed by atoms with Crippen LogP contribution in [0.3, 0.4) is 0 Å². The first kappa shape index (κ1) is 14.7. The minimum absolute atomic E-state index is 0.0595. The van der Waals surface area contributed by atoms with Crippen molar-refractivity contribution >= 4 is 27.4 Å². The van der Waals surface area contributed by atoms with Gasteiger partial charge in [-0.25, -0.2) is 4.98 Å². The van der Waals surface area contributed by atoms with Crippen LogP contribution < -0.4 is 10.6 Å². The average molecular weight is 355 g/mol. The van der Waals surface area contributed by atoms with Gasteiger partial charge in [0.1, 0.15) is 12.0 Å². The number of pyridine rings is 1. The second-order valence-electron chi connectivity index (χ2n) is 6.16. The molecular formula is C14H19BrN4O2. The van der Waals surface area contributed by atoms with Crippen molar-refractivity contribution in [1.82, 2.24) is 4.98 Å². The Morgan fingerprint density at radius 2 is 2.14 bits per heavy atom. The zero-order valence-electron chi connectivity index (χ0n) is 12.0. The Kier molecular flexibility index (Phi) is 3.88. The molecule has 2 heterocycles. The highest BCUT2D eigenvalue weighted by molar-refractivity contribution is 9.10. The zero-order valence-corrected chi connectivity index (χ0v) is 13.5. The Morgan fingerprint density at radius 1 is 1.43 bits per heavy atom. The number of aromatic nitrogens is 1. The molecule has 1 aliphatic carbocycles. The Hall–Kier alpha value is -1.21. The van der Waals surface area contributed by atoms with E-state index in [2.05, 4.69) is 25.8 Å². The van der Waals surface area contributed by atoms with E-state index in [0.29, 0.717) is 23.4 Å². The number of hydrogen-bond acceptors (Lipinski definition) is 5. The molecule has 0 aromatic carbocycles. The van der Waals surface area contributed by atoms with Crippen molar-refractivity contribution in [3.05, 3.63) is 26.3 Å². The lowest BCUT2D eigenvalue weighted by Gasteiger charge is -2.27. The molecule has 3 atom stereocenters. The summed E-state index contributed by atoms with van der Waals surface area (Å²) in [5, 5.41) is 11.0. The number of anilines is 1. The summed E-state index contributed by atoms with van der Waals surface area (Å²) in [7, 11) is 0. The Labute approximate surface area is 132 Å². The third-order valence-electron chi connectivity index (χ3n) is 4.81. The smallest absolute Gasteiger partial charge is 0.291 e. The van der Waals surface area contributed by atoms with Gasteiger partial charge in [0, 0.05) is 24.7 Å². The highest BCUT2D eigenvalue weighted by atomic mass is 79.9. The van der Waals surface area contributed by atoms with E-state index in [1.807, 2.05) is 0 Å². The summed E-state index contributed by atoms with van der Waals surface area (Å²) in [4.78, 5) is 17.1. The molecule has 1 aromatic heterocycles. The summed E-state index contributed by atoms with van der Waals surface area (Å²) in [5.74, 6) is 2.12. The van der Waals surface area contributed by atoms with Gasteiger partial charge in [0.2, 0.25) is 0 Å². The molecule has 6 nitrogen and oxygen atoms in total. The summed E-state index contributed by atoms with van der Waals surface area (Å²) in [6.07, 6.45) is 4.71. The van der Waals surface area contributed by atoms with Crippen molar-refractivity contribution in [3.8, 4) is 0 Å². The molecular weight excluding hydrogens is 336 g/mol. The first-order valence-corrected chi connectivity index (χ1v) is 8.06. The standard InChI is InChI=1S/C14H19BrN4O2/c1-8-12(19(20)21)5-17-14(13(8)15)18-6-9-2-3-11(16)4-10(9)7-18/h5,9-11H,2-4,6-7,16H2,1H3/t9-,10+,11?/m1/s1. The molecule has 0 spiro atoms. The molecule has 0 amide bonds. The number of rotatable bonds is 2. The molecule has 3 rings (SSSR count). The first-order chi connectivity index (χ1) is 9.97. The van der Waals surface area contributed by atoms with Crippen LogP contribution in [0.5, 0.6) is 0 Å². The minimum Gasteiger partial charge on any atom is -0.355 e. The van der Waals surface area contributed by atoms with E-state index in [0.717, 1.165) is 36.2 Å². The van der Waals surface area contributed by atoms with Crippen LogP contribution in [0.15, 0.2) is 10.7 Å². The number of nitrogens with zero attached hydrogens (tertiary/aromatic N) is 3. The van der Waals surface area contributed by atoms with Gasteiger partial charge in [-0.05, 0) is 54.0 Å². The zero-order chi connectivity index (χ0) is 15.1. The quantitative estimate of drug-likeness (QED) is 0.651. The van der Waals surface area contributed by atoms with Crippen LogP contribution in [-0.4, -0.2) is 29.0 Å². The van der Waals surface area contributed by atoms with E-state index >= 15 is 0 Å². The maximum Gasteiger partial charge on any atom is 0.291 e. The highest BCUT2D eigenvalue weighted by Gasteiger charge is 2.38. The fourth-order valence-electron chi connectivity index (χ4n) is 3.60. The van der Waals surface area contributed by atoms with Gasteiger partial charge in [-0.1, -0.05) is 0 Å². The van der Waals surface area contributed by atoms with E-state index in [9.17, 15) is 10.1 Å². The average Bonchev–Trinajstić information content (AvgIpc) is 2.83. The molecule has 1 saturated heterocycles. The molecule has 2 aliphatic rings. The predicted octanol–water partition coefficient (Wildman–Crippen LogP) is 2.62. The third-order valence-corrected chi connectivity index (χ3v) is 5.75. The SMILES string of the molecule is Cc1c([N+](=O)[O-])cnc(N2C[C@H]3CCC(N)C[C@H]3C2)c1Br. The number of nitro groups is 1. The van der Waals surface area contributed by atoms with E-state index < -0.39 is 0 Å². The van der Waals surface area contributed by atoms with Crippen LogP contribution in [0.1, 0.15) is 24.8 Å². The molecule has 2 N–H and O–H groups in total. The summed E-state index contributed by atoms with van der Waals surface area (Å²) in [6.45, 7) is 3.67. The van der Waals surface area contributed by atoms with E-state index in [1.165, 1.54) is 12.6 Å². The van der Waals surface area contributed by atoms with Crippen molar-refractivity contribution in [3.63, 3.8) is 0 Å². The minimum atomic E-state index is -0.389. The van der Waals surface area contributed by atoms with Gasteiger partial charge in [0.25, 0.3) is 5.69 Å². The van der Waals surface area contributed by atoms with Gasteiger partial charge in [-0.3, -0.25) is 10.1 Å². The van der Waals surface area contributed by atoms with Crippen molar-refractivity contribution in [2.45, 2.75) is 32.2 Å². The van der Waals surface area contributed by atoms with E-state index in [-0.39, 0.29) is 10.6 Å². The van der Waals surface area contributed by atoms with Crippen LogP contribution in [0.4, 0.5) is 11.5 Å². The first-order valence-electron chi connectivity index (χ1n) is 7.27. The van der Waals surface area contributed by atoms with Gasteiger partial charge < -0.3 is 10.6 Å². The summed E-state index contributed by atoms with van der Waals surface area (Å²) in [5.41, 5.74) is 6.76. The van der Waals surface area contributed by atoms with Crippen LogP contribution >= 0.6 is 15.9 Å². The molecule has 0 radical (unpaired) electrons. The molecule has 21 heavy (non-hydrogen) atoms. The fourth-order valence-corrected chi connectivity index (χ4v) is 4.16. The van der Waals surface area contributed by atoms with Gasteiger partial charge in [-0.2, -0.15) is 0 Å². The molecule has 1 aliphatic heterocycles. The van der Waals surface area contributed by atoms with Crippen molar-refractivity contribution in [2.75, 3.05) is 18.0 Å². The number of fused-ring (bicyclic) bond motifs is 1. The lowest BCUT2D eigenvalue weighted by molar-refractivity contribution is -0.385. The second-order valence-corrected chi connectivity index (χ2v) is 6.95. The highest BCUT2D eigenvalue weighted by Crippen LogP contribution is 2.40. The van der Waals surface area contributed by atoms with E-state index in [4.69, 9.17) is 5.73 Å². The molecule has 114 valence electrons. The molecule has 2 fully saturated rings. The van der Waals surface area contributed by atoms with Crippen molar-refractivity contribution < 1.29 is 4.92 Å². The van der Waals surface area contributed by atoms with Crippen LogP contribution in [0, 0.1) is 28.9 Å². The maximum atomic E-state index is 11.0. The molecule has 1 unspecified atom stereocenters. The van der Waals surface area contributed by atoms with Gasteiger partial charge in [-0.15, -0.1) is 0 Å². The summed E-state index contributed by atoms with van der Waals surface area (Å²) < 4.78 is 0.736. The van der Waals surface area contributed by atoms with Crippen LogP contribution in [-0.2, 0) is 0 Å². The van der Waals surface area contributed by atoms with E-state index in [1.54, 1.807) is 6.92 Å². The largest absolute Gasteiger partial charge is 0.355 e. The number of halogens is 1. The Balaban J connectivity index is 1.85. The lowest BCUT2D eigenvalue weighted by Crippen LogP contribution is -2.32. The Bertz CT molecular complexity index is 580. The van der Waals surface area contributed by atoms with Crippen molar-refractivity contribution in [2.24, 2.45) is 17.6 Å². The van der Waals surface area contributed by atoms with Crippen molar-refractivity contribution in [1.29, 1.82) is 0 Å². The predicted molar refractivity (Wildman–Crippen MR) is 84.3 cm³/mol. The third kappa shape index (κ3) is 2.64. The molecule has 0 bridgehead atoms. The van der Waals surface area contributed by atoms with Gasteiger partial charge in [0.05, 0.1) is 9.40 Å². The fraction of sp³-hybridized carbons (Fsp3) is 0.643. The summed E-state index contributed by atoms with van der Waals surface area (Å²) >= 11 is 3.49. The van der Waals surface area contributed by atoms with Crippen LogP contribution in [0.25, 0.3) is 0 Å². The lowest BCUT2D eigenvalue weighted by atomic mass is 9.79. The number of nitrogens with two attached hydrogens (primary N) is 1. The maximum absolute atomic E-state index is 11.0. The topological polar surface area (TPSA) is 85.3 Å². The second kappa shape index (κ2) is 5.53. The number of hydrogen-bond donors (Lipinski definition) is 1. The van der Waals surface area contributed by atoms with Gasteiger partial charge >= 0.3 is 0 Å². The van der Waals surface area contributed by atoms with Gasteiger partial charge in [0.15, 0.2) is 0 Å². The summed E-state index contributed by atoms with van der Waals surface area (Å²) in [6, 6.07) is 0.321. The van der Waals surface area contributed by atoms with Crippen LogP contribution in [0.2, 0.25) is 0 Å². The normalized spacial score (nSPS) is 28.5. The molecule has 1 aromatic rings. The Morgan fingerprint density at radius 3 is 2.86 bits per heavy atom. The molecule has 7 heteroatoms. The molecule has 1 saturated carbocycles.